The molecule has 3 aromatic rings. The third-order valence-electron chi connectivity index (χ3n) is 2.79. The van der Waals surface area contributed by atoms with Gasteiger partial charge in [-0.15, -0.1) is 0 Å². The van der Waals surface area contributed by atoms with Gasteiger partial charge in [0.1, 0.15) is 28.1 Å². The Bertz CT molecular complexity index is 754. The first-order chi connectivity index (χ1) is 9.15. The van der Waals surface area contributed by atoms with Gasteiger partial charge in [0.15, 0.2) is 5.76 Å². The lowest BCUT2D eigenvalue weighted by Crippen LogP contribution is -1.94. The number of halogens is 2. The van der Waals surface area contributed by atoms with Gasteiger partial charge in [0, 0.05) is 17.9 Å². The monoisotopic (exact) mass is 276 g/mol. The van der Waals surface area contributed by atoms with Crippen LogP contribution in [0.4, 0.5) is 4.39 Å². The quantitative estimate of drug-likeness (QED) is 0.657. The highest BCUT2D eigenvalue weighted by Gasteiger charge is 2.10. The Balaban J connectivity index is 2.15. The summed E-state index contributed by atoms with van der Waals surface area (Å²) in [7, 11) is 0. The van der Waals surface area contributed by atoms with E-state index in [-0.39, 0.29) is 5.82 Å². The number of nitrogens with zero attached hydrogens (tertiary/aromatic N) is 2. The van der Waals surface area contributed by atoms with E-state index in [2.05, 4.69) is 9.97 Å². The van der Waals surface area contributed by atoms with Gasteiger partial charge in [0.2, 0.25) is 0 Å². The number of rotatable bonds is 2. The molecule has 0 fully saturated rings. The third kappa shape index (κ3) is 2.31. The predicted molar refractivity (Wildman–Crippen MR) is 71.6 cm³/mol. The zero-order chi connectivity index (χ0) is 13.4. The maximum absolute atomic E-state index is 13.1. The average molecular weight is 277 g/mol. The standard InChI is InChI=1S/C14H10ClFN2O/c1-2-14-17-10(7-13(15)18-14)12-6-8-5-9(16)3-4-11(8)19-12/h3-7H,2H2,1H3. The average Bonchev–Trinajstić information content (AvgIpc) is 2.80. The number of hydrogen-bond acceptors (Lipinski definition) is 3. The van der Waals surface area contributed by atoms with Gasteiger partial charge in [-0.2, -0.15) is 0 Å². The Morgan fingerprint density at radius 1 is 1.21 bits per heavy atom. The SMILES string of the molecule is CCc1nc(Cl)cc(-c2cc3cc(F)ccc3o2)n1. The molecule has 96 valence electrons. The van der Waals surface area contributed by atoms with Gasteiger partial charge in [-0.1, -0.05) is 18.5 Å². The van der Waals surface area contributed by atoms with Crippen LogP contribution >= 0.6 is 11.6 Å². The summed E-state index contributed by atoms with van der Waals surface area (Å²) in [6.45, 7) is 1.95. The van der Waals surface area contributed by atoms with E-state index in [1.165, 1.54) is 12.1 Å². The number of furan rings is 1. The summed E-state index contributed by atoms with van der Waals surface area (Å²) in [5, 5.41) is 1.07. The molecule has 0 aliphatic rings. The van der Waals surface area contributed by atoms with E-state index in [0.717, 1.165) is 0 Å². The maximum atomic E-state index is 13.1. The molecular formula is C14H10ClFN2O. The first-order valence-corrected chi connectivity index (χ1v) is 6.26. The Hall–Kier alpha value is -1.94. The molecule has 2 aromatic heterocycles. The van der Waals surface area contributed by atoms with Crippen molar-refractivity contribution in [3.8, 4) is 11.5 Å². The van der Waals surface area contributed by atoms with Crippen LogP contribution in [0.3, 0.4) is 0 Å². The predicted octanol–water partition coefficient (Wildman–Crippen LogP) is 4.24. The molecule has 0 unspecified atom stereocenters. The number of fused-ring (bicyclic) bond motifs is 1. The van der Waals surface area contributed by atoms with Crippen LogP contribution in [0.2, 0.25) is 5.15 Å². The van der Waals surface area contributed by atoms with Crippen molar-refractivity contribution in [2.45, 2.75) is 13.3 Å². The lowest BCUT2D eigenvalue weighted by atomic mass is 10.2. The van der Waals surface area contributed by atoms with Crippen molar-refractivity contribution in [2.75, 3.05) is 0 Å². The summed E-state index contributed by atoms with van der Waals surface area (Å²) in [5.74, 6) is 0.906. The second-order valence-electron chi connectivity index (χ2n) is 4.14. The third-order valence-corrected chi connectivity index (χ3v) is 2.98. The molecule has 19 heavy (non-hydrogen) atoms. The molecule has 0 amide bonds. The van der Waals surface area contributed by atoms with Crippen molar-refractivity contribution in [3.05, 3.63) is 47.1 Å². The molecule has 0 radical (unpaired) electrons. The van der Waals surface area contributed by atoms with Gasteiger partial charge in [-0.05, 0) is 24.3 Å². The topological polar surface area (TPSA) is 38.9 Å². The smallest absolute Gasteiger partial charge is 0.153 e. The fourth-order valence-corrected chi connectivity index (χ4v) is 2.09. The molecule has 1 aromatic carbocycles. The highest BCUT2D eigenvalue weighted by atomic mass is 35.5. The van der Waals surface area contributed by atoms with Crippen LogP contribution < -0.4 is 0 Å². The first kappa shape index (κ1) is 12.1. The molecule has 0 bridgehead atoms. The summed E-state index contributed by atoms with van der Waals surface area (Å²) in [6.07, 6.45) is 0.683. The molecule has 3 rings (SSSR count). The van der Waals surface area contributed by atoms with Gasteiger partial charge < -0.3 is 4.42 Å². The van der Waals surface area contributed by atoms with E-state index < -0.39 is 0 Å². The molecular weight excluding hydrogens is 267 g/mol. The zero-order valence-electron chi connectivity index (χ0n) is 10.2. The van der Waals surface area contributed by atoms with Crippen LogP contribution in [0.15, 0.2) is 34.7 Å². The Labute approximate surface area is 114 Å². The minimum absolute atomic E-state index is 0.296. The summed E-state index contributed by atoms with van der Waals surface area (Å²) in [4.78, 5) is 8.46. The van der Waals surface area contributed by atoms with E-state index in [0.29, 0.717) is 39.8 Å². The van der Waals surface area contributed by atoms with Gasteiger partial charge >= 0.3 is 0 Å². The maximum Gasteiger partial charge on any atom is 0.153 e. The van der Waals surface area contributed by atoms with Gasteiger partial charge in [0.25, 0.3) is 0 Å². The second kappa shape index (κ2) is 4.63. The fraction of sp³-hybridized carbons (Fsp3) is 0.143. The van der Waals surface area contributed by atoms with Crippen LogP contribution in [-0.4, -0.2) is 9.97 Å². The van der Waals surface area contributed by atoms with Crippen molar-refractivity contribution in [1.82, 2.24) is 9.97 Å². The first-order valence-electron chi connectivity index (χ1n) is 5.88. The summed E-state index contributed by atoms with van der Waals surface area (Å²) >= 11 is 5.95. The van der Waals surface area contributed by atoms with Gasteiger partial charge in [0.05, 0.1) is 0 Å². The van der Waals surface area contributed by atoms with E-state index in [4.69, 9.17) is 16.0 Å². The van der Waals surface area contributed by atoms with Crippen molar-refractivity contribution in [3.63, 3.8) is 0 Å². The van der Waals surface area contributed by atoms with Gasteiger partial charge in [-0.3, -0.25) is 0 Å². The van der Waals surface area contributed by atoms with Crippen LogP contribution in [0, 0.1) is 5.82 Å². The molecule has 0 aliphatic heterocycles. The normalized spacial score (nSPS) is 11.1. The second-order valence-corrected chi connectivity index (χ2v) is 4.53. The van der Waals surface area contributed by atoms with Gasteiger partial charge in [-0.25, -0.2) is 14.4 Å². The van der Waals surface area contributed by atoms with Crippen molar-refractivity contribution in [1.29, 1.82) is 0 Å². The molecule has 5 heteroatoms. The van der Waals surface area contributed by atoms with E-state index >= 15 is 0 Å². The number of aryl methyl sites for hydroxylation is 1. The molecule has 0 atom stereocenters. The van der Waals surface area contributed by atoms with E-state index in [1.54, 1.807) is 18.2 Å². The fourth-order valence-electron chi connectivity index (χ4n) is 1.89. The van der Waals surface area contributed by atoms with Crippen molar-refractivity contribution >= 4 is 22.6 Å². The molecule has 0 spiro atoms. The van der Waals surface area contributed by atoms with Crippen LogP contribution in [-0.2, 0) is 6.42 Å². The molecule has 2 heterocycles. The summed E-state index contributed by atoms with van der Waals surface area (Å²) in [6, 6.07) is 7.76. The molecule has 0 N–H and O–H groups in total. The largest absolute Gasteiger partial charge is 0.454 e. The Morgan fingerprint density at radius 3 is 2.84 bits per heavy atom. The van der Waals surface area contributed by atoms with Crippen molar-refractivity contribution < 1.29 is 8.81 Å². The lowest BCUT2D eigenvalue weighted by Gasteiger charge is -2.00. The summed E-state index contributed by atoms with van der Waals surface area (Å²) in [5.41, 5.74) is 1.22. The van der Waals surface area contributed by atoms with Crippen LogP contribution in [0.1, 0.15) is 12.7 Å². The van der Waals surface area contributed by atoms with E-state index in [9.17, 15) is 4.39 Å². The number of hydrogen-bond donors (Lipinski definition) is 0. The van der Waals surface area contributed by atoms with Crippen LogP contribution in [0.5, 0.6) is 0 Å². The Morgan fingerprint density at radius 2 is 2.05 bits per heavy atom. The molecule has 3 nitrogen and oxygen atoms in total. The minimum atomic E-state index is -0.296. The molecule has 0 saturated heterocycles. The van der Waals surface area contributed by atoms with E-state index in [1.807, 2.05) is 6.92 Å². The van der Waals surface area contributed by atoms with Crippen molar-refractivity contribution in [2.24, 2.45) is 0 Å². The lowest BCUT2D eigenvalue weighted by molar-refractivity contribution is 0.617. The highest BCUT2D eigenvalue weighted by Crippen LogP contribution is 2.28. The highest BCUT2D eigenvalue weighted by molar-refractivity contribution is 6.29. The molecule has 0 saturated carbocycles. The van der Waals surface area contributed by atoms with Crippen LogP contribution in [0.25, 0.3) is 22.4 Å². The molecule has 0 aliphatic carbocycles. The minimum Gasteiger partial charge on any atom is -0.454 e. The number of aromatic nitrogens is 2. The number of benzene rings is 1. The summed E-state index contributed by atoms with van der Waals surface area (Å²) < 4.78 is 18.8. The Kier molecular flexibility index (Phi) is 2.95. The zero-order valence-corrected chi connectivity index (χ0v) is 10.9.